The van der Waals surface area contributed by atoms with Gasteiger partial charge in [0.05, 0.1) is 12.3 Å². The number of aliphatic hydroxyl groups is 1. The number of hydrogen-bond acceptors (Lipinski definition) is 9. The van der Waals surface area contributed by atoms with E-state index in [0.717, 1.165) is 26.9 Å². The molecule has 254 valence electrons. The minimum absolute atomic E-state index is 0.00934. The van der Waals surface area contributed by atoms with Gasteiger partial charge in [-0.05, 0) is 52.0 Å². The average molecular weight is 731 g/mol. The van der Waals surface area contributed by atoms with Gasteiger partial charge in [-0.1, -0.05) is 68.4 Å². The van der Waals surface area contributed by atoms with Crippen LogP contribution < -0.4 is 26.0 Å². The normalized spacial score (nSPS) is 22.3. The molecule has 13 heteroatoms. The fourth-order valence-corrected chi connectivity index (χ4v) is 7.22. The highest BCUT2D eigenvalue weighted by atomic mass is 79.9. The SMILES string of the molecule is CC(C)[C@@H]1NC(=O)[C@@H](NC(=O)OCc2ccccc2)Cc2ccc3c(c2)[C@@]2(c4cccc(Br)c4NC2O3)c2oc1nc2C(=O)N[C@@H](C)CO. The van der Waals surface area contributed by atoms with Crippen molar-refractivity contribution in [2.24, 2.45) is 5.92 Å². The number of aliphatic hydroxyl groups excluding tert-OH is 1. The van der Waals surface area contributed by atoms with E-state index in [1.807, 2.05) is 80.6 Å². The van der Waals surface area contributed by atoms with Crippen LogP contribution in [0.4, 0.5) is 10.5 Å². The van der Waals surface area contributed by atoms with E-state index in [0.29, 0.717) is 11.3 Å². The van der Waals surface area contributed by atoms with Gasteiger partial charge in [-0.15, -0.1) is 0 Å². The molecule has 3 aliphatic rings. The Labute approximate surface area is 291 Å². The zero-order valence-corrected chi connectivity index (χ0v) is 28.7. The molecule has 5 N–H and O–H groups in total. The van der Waals surface area contributed by atoms with Crippen LogP contribution >= 0.6 is 15.9 Å². The second kappa shape index (κ2) is 12.9. The van der Waals surface area contributed by atoms with E-state index in [9.17, 15) is 19.5 Å². The van der Waals surface area contributed by atoms with Gasteiger partial charge in [0, 0.05) is 28.1 Å². The molecule has 4 heterocycles. The van der Waals surface area contributed by atoms with E-state index in [1.165, 1.54) is 0 Å². The molecule has 1 unspecified atom stereocenters. The van der Waals surface area contributed by atoms with Gasteiger partial charge in [0.15, 0.2) is 17.7 Å². The van der Waals surface area contributed by atoms with Crippen molar-refractivity contribution >= 4 is 39.5 Å². The number of carbonyl (C=O) groups excluding carboxylic acids is 3. The van der Waals surface area contributed by atoms with E-state index in [1.54, 1.807) is 6.92 Å². The Balaban J connectivity index is 1.38. The highest BCUT2D eigenvalue weighted by Crippen LogP contribution is 2.59. The summed E-state index contributed by atoms with van der Waals surface area (Å²) in [6.45, 7) is 5.24. The molecule has 0 radical (unpaired) electrons. The number of para-hydroxylation sites is 1. The van der Waals surface area contributed by atoms with Gasteiger partial charge in [-0.3, -0.25) is 9.59 Å². The highest BCUT2D eigenvalue weighted by Gasteiger charge is 2.61. The van der Waals surface area contributed by atoms with Crippen LogP contribution in [0, 0.1) is 5.92 Å². The van der Waals surface area contributed by atoms with Crippen LogP contribution in [0.5, 0.6) is 5.75 Å². The van der Waals surface area contributed by atoms with Crippen molar-refractivity contribution in [3.05, 3.63) is 111 Å². The standard InChI is InChI=1S/C36H36BrN5O7/c1-18(2)27-33-41-29(32(45)38-19(3)16-43)30(49-33)36-22-10-7-11-24(37)28(22)42-34(36)48-26-13-12-21(14-23(26)36)15-25(31(44)40-27)39-35(46)47-17-20-8-5-4-6-9-20/h4-14,18-19,25,27,34,42-43H,15-17H2,1-3H3,(H,38,45)(H,39,46)(H,40,44)/t19-,25-,27-,34?,36-/m0/s1. The van der Waals surface area contributed by atoms with Crippen molar-refractivity contribution in [3.8, 4) is 5.75 Å². The number of nitrogens with one attached hydrogen (secondary N) is 4. The van der Waals surface area contributed by atoms with Gasteiger partial charge >= 0.3 is 6.09 Å². The lowest BCUT2D eigenvalue weighted by molar-refractivity contribution is -0.124. The summed E-state index contributed by atoms with van der Waals surface area (Å²) in [5.41, 5.74) is 2.66. The van der Waals surface area contributed by atoms with Crippen LogP contribution in [0.25, 0.3) is 0 Å². The molecule has 1 spiro atoms. The Morgan fingerprint density at radius 3 is 2.63 bits per heavy atom. The number of rotatable bonds is 7. The summed E-state index contributed by atoms with van der Waals surface area (Å²) in [6.07, 6.45) is -1.32. The fraction of sp³-hybridized carbons (Fsp3) is 0.333. The summed E-state index contributed by atoms with van der Waals surface area (Å²) >= 11 is 3.67. The molecule has 4 aromatic rings. The number of aromatic nitrogens is 1. The van der Waals surface area contributed by atoms with Crippen LogP contribution in [0.15, 0.2) is 75.6 Å². The average Bonchev–Trinajstić information content (AvgIpc) is 3.76. The number of ether oxygens (including phenoxy) is 2. The van der Waals surface area contributed by atoms with E-state index in [-0.39, 0.29) is 42.9 Å². The molecule has 4 bridgehead atoms. The monoisotopic (exact) mass is 729 g/mol. The Hall–Kier alpha value is -4.88. The van der Waals surface area contributed by atoms with Gasteiger partial charge in [-0.2, -0.15) is 0 Å². The van der Waals surface area contributed by atoms with Gasteiger partial charge in [-0.25, -0.2) is 9.78 Å². The second-order valence-electron chi connectivity index (χ2n) is 12.9. The second-order valence-corrected chi connectivity index (χ2v) is 13.8. The maximum atomic E-state index is 14.0. The first-order valence-electron chi connectivity index (χ1n) is 16.2. The maximum absolute atomic E-state index is 14.0. The molecule has 0 saturated heterocycles. The molecular weight excluding hydrogens is 694 g/mol. The number of amides is 3. The number of carbonyl (C=O) groups is 3. The fourth-order valence-electron chi connectivity index (χ4n) is 6.74. The van der Waals surface area contributed by atoms with E-state index >= 15 is 0 Å². The molecule has 1 aromatic heterocycles. The minimum Gasteiger partial charge on any atom is -0.469 e. The number of nitrogens with zero attached hydrogens (tertiary/aromatic N) is 1. The number of halogens is 1. The molecule has 0 fully saturated rings. The summed E-state index contributed by atoms with van der Waals surface area (Å²) < 4.78 is 19.5. The molecule has 49 heavy (non-hydrogen) atoms. The molecule has 12 nitrogen and oxygen atoms in total. The van der Waals surface area contributed by atoms with Crippen LogP contribution in [0.1, 0.15) is 71.2 Å². The largest absolute Gasteiger partial charge is 0.469 e. The Morgan fingerprint density at radius 1 is 1.08 bits per heavy atom. The summed E-state index contributed by atoms with van der Waals surface area (Å²) in [7, 11) is 0. The summed E-state index contributed by atoms with van der Waals surface area (Å²) in [5.74, 6) is -0.328. The lowest BCUT2D eigenvalue weighted by atomic mass is 9.72. The molecule has 0 aliphatic carbocycles. The predicted octanol–water partition coefficient (Wildman–Crippen LogP) is 4.69. The first-order chi connectivity index (χ1) is 23.6. The molecule has 3 aliphatic heterocycles. The van der Waals surface area contributed by atoms with Crippen molar-refractivity contribution in [1.82, 2.24) is 20.9 Å². The third-order valence-electron chi connectivity index (χ3n) is 9.18. The molecule has 7 rings (SSSR count). The summed E-state index contributed by atoms with van der Waals surface area (Å²) in [4.78, 5) is 45.8. The quantitative estimate of drug-likeness (QED) is 0.182. The Morgan fingerprint density at radius 2 is 1.88 bits per heavy atom. The number of anilines is 1. The van der Waals surface area contributed by atoms with Crippen molar-refractivity contribution in [3.63, 3.8) is 0 Å². The minimum atomic E-state index is -1.17. The first-order valence-corrected chi connectivity index (χ1v) is 17.0. The molecule has 0 saturated carbocycles. The van der Waals surface area contributed by atoms with Crippen LogP contribution in [0.3, 0.4) is 0 Å². The summed E-state index contributed by atoms with van der Waals surface area (Å²) in [5, 5.41) is 21.8. The summed E-state index contributed by atoms with van der Waals surface area (Å²) in [6, 6.07) is 18.3. The topological polar surface area (TPSA) is 164 Å². The van der Waals surface area contributed by atoms with Crippen LogP contribution in [0.2, 0.25) is 0 Å². The zero-order chi connectivity index (χ0) is 34.4. The van der Waals surface area contributed by atoms with E-state index in [4.69, 9.17) is 18.9 Å². The number of oxazole rings is 1. The third-order valence-corrected chi connectivity index (χ3v) is 9.84. The Bertz CT molecular complexity index is 1930. The number of fused-ring (bicyclic) bond motifs is 4. The van der Waals surface area contributed by atoms with Gasteiger partial charge in [0.25, 0.3) is 5.91 Å². The van der Waals surface area contributed by atoms with E-state index in [2.05, 4.69) is 37.2 Å². The van der Waals surface area contributed by atoms with Crippen LogP contribution in [-0.4, -0.2) is 52.9 Å². The van der Waals surface area contributed by atoms with Crippen LogP contribution in [-0.2, 0) is 28.0 Å². The van der Waals surface area contributed by atoms with E-state index < -0.39 is 47.7 Å². The smallest absolute Gasteiger partial charge is 0.408 e. The lowest BCUT2D eigenvalue weighted by Gasteiger charge is -2.29. The lowest BCUT2D eigenvalue weighted by Crippen LogP contribution is -2.49. The van der Waals surface area contributed by atoms with Crippen molar-refractivity contribution in [2.45, 2.75) is 63.6 Å². The molecule has 3 aromatic carbocycles. The van der Waals surface area contributed by atoms with Gasteiger partial charge < -0.3 is 40.3 Å². The molecular formula is C36H36BrN5O7. The van der Waals surface area contributed by atoms with Gasteiger partial charge in [0.1, 0.15) is 29.9 Å². The first kappa shape index (κ1) is 32.7. The zero-order valence-electron chi connectivity index (χ0n) is 27.1. The number of alkyl carbamates (subject to hydrolysis) is 1. The van der Waals surface area contributed by atoms with Crippen molar-refractivity contribution < 1.29 is 33.4 Å². The van der Waals surface area contributed by atoms with Gasteiger partial charge in [0.2, 0.25) is 11.8 Å². The predicted molar refractivity (Wildman–Crippen MR) is 182 cm³/mol. The maximum Gasteiger partial charge on any atom is 0.408 e. The third kappa shape index (κ3) is 5.70. The molecule has 3 amide bonds. The highest BCUT2D eigenvalue weighted by molar-refractivity contribution is 9.10. The Kier molecular flexibility index (Phi) is 8.57. The number of benzene rings is 3. The number of hydrogen-bond donors (Lipinski definition) is 5. The van der Waals surface area contributed by atoms with Crippen molar-refractivity contribution in [1.29, 1.82) is 0 Å². The van der Waals surface area contributed by atoms with Crippen molar-refractivity contribution in [2.75, 3.05) is 11.9 Å². The molecule has 5 atom stereocenters.